The SMILES string of the molecule is COc1ccc(-c2ccc(NC(C)C)nn2)cc1C. The molecular formula is C15H19N3O. The van der Waals surface area contributed by atoms with Crippen LogP contribution in [0.2, 0.25) is 0 Å². The fraction of sp³-hybridized carbons (Fsp3) is 0.333. The van der Waals surface area contributed by atoms with E-state index < -0.39 is 0 Å². The normalized spacial score (nSPS) is 10.6. The summed E-state index contributed by atoms with van der Waals surface area (Å²) >= 11 is 0. The van der Waals surface area contributed by atoms with Gasteiger partial charge in [-0.15, -0.1) is 10.2 Å². The van der Waals surface area contributed by atoms with Crippen LogP contribution < -0.4 is 10.1 Å². The Hall–Kier alpha value is -2.10. The van der Waals surface area contributed by atoms with E-state index in [9.17, 15) is 0 Å². The molecule has 0 unspecified atom stereocenters. The van der Waals surface area contributed by atoms with Gasteiger partial charge in [-0.05, 0) is 56.7 Å². The van der Waals surface area contributed by atoms with Gasteiger partial charge < -0.3 is 10.1 Å². The summed E-state index contributed by atoms with van der Waals surface area (Å²) in [7, 11) is 1.67. The number of aryl methyl sites for hydroxylation is 1. The summed E-state index contributed by atoms with van der Waals surface area (Å²) in [4.78, 5) is 0. The molecule has 0 saturated carbocycles. The van der Waals surface area contributed by atoms with Crippen molar-refractivity contribution in [2.75, 3.05) is 12.4 Å². The monoisotopic (exact) mass is 257 g/mol. The molecule has 4 nitrogen and oxygen atoms in total. The third-order valence-electron chi connectivity index (χ3n) is 2.79. The third-order valence-corrected chi connectivity index (χ3v) is 2.79. The number of nitrogens with one attached hydrogen (secondary N) is 1. The van der Waals surface area contributed by atoms with E-state index in [4.69, 9.17) is 4.74 Å². The summed E-state index contributed by atoms with van der Waals surface area (Å²) < 4.78 is 5.25. The minimum atomic E-state index is 0.350. The Bertz CT molecular complexity index is 550. The van der Waals surface area contributed by atoms with Gasteiger partial charge in [0.2, 0.25) is 0 Å². The average Bonchev–Trinajstić information content (AvgIpc) is 2.39. The summed E-state index contributed by atoms with van der Waals surface area (Å²) in [6.45, 7) is 6.16. The Morgan fingerprint density at radius 2 is 1.89 bits per heavy atom. The van der Waals surface area contributed by atoms with Gasteiger partial charge in [0.25, 0.3) is 0 Å². The van der Waals surface area contributed by atoms with E-state index in [0.717, 1.165) is 28.4 Å². The predicted octanol–water partition coefficient (Wildman–Crippen LogP) is 3.28. The van der Waals surface area contributed by atoms with E-state index in [0.29, 0.717) is 6.04 Å². The molecule has 0 radical (unpaired) electrons. The van der Waals surface area contributed by atoms with Crippen molar-refractivity contribution >= 4 is 5.82 Å². The molecule has 0 aliphatic carbocycles. The predicted molar refractivity (Wildman–Crippen MR) is 77.5 cm³/mol. The lowest BCUT2D eigenvalue weighted by Crippen LogP contribution is -2.11. The van der Waals surface area contributed by atoms with Crippen molar-refractivity contribution in [3.05, 3.63) is 35.9 Å². The van der Waals surface area contributed by atoms with Crippen LogP contribution in [0.15, 0.2) is 30.3 Å². The van der Waals surface area contributed by atoms with Crippen LogP contribution in [0, 0.1) is 6.92 Å². The van der Waals surface area contributed by atoms with Crippen molar-refractivity contribution < 1.29 is 4.74 Å². The fourth-order valence-corrected chi connectivity index (χ4v) is 1.90. The van der Waals surface area contributed by atoms with E-state index in [1.165, 1.54) is 0 Å². The Balaban J connectivity index is 2.24. The van der Waals surface area contributed by atoms with Gasteiger partial charge in [0.1, 0.15) is 11.6 Å². The highest BCUT2D eigenvalue weighted by Gasteiger charge is 2.05. The maximum Gasteiger partial charge on any atom is 0.148 e. The summed E-state index contributed by atoms with van der Waals surface area (Å²) in [5, 5.41) is 11.6. The standard InChI is InChI=1S/C15H19N3O/c1-10(2)16-15-8-6-13(17-18-15)12-5-7-14(19-4)11(3)9-12/h5-10H,1-4H3,(H,16,18). The molecule has 19 heavy (non-hydrogen) atoms. The maximum absolute atomic E-state index is 5.25. The second-order valence-corrected chi connectivity index (χ2v) is 4.79. The van der Waals surface area contributed by atoms with Gasteiger partial charge in [0.05, 0.1) is 12.8 Å². The lowest BCUT2D eigenvalue weighted by molar-refractivity contribution is 0.412. The molecule has 0 aliphatic heterocycles. The summed E-state index contributed by atoms with van der Waals surface area (Å²) in [6.07, 6.45) is 0. The van der Waals surface area contributed by atoms with E-state index in [1.54, 1.807) is 7.11 Å². The molecular weight excluding hydrogens is 238 g/mol. The molecule has 100 valence electrons. The molecule has 0 amide bonds. The molecule has 2 aromatic rings. The number of nitrogens with zero attached hydrogens (tertiary/aromatic N) is 2. The number of hydrogen-bond acceptors (Lipinski definition) is 4. The van der Waals surface area contributed by atoms with E-state index in [-0.39, 0.29) is 0 Å². The zero-order valence-corrected chi connectivity index (χ0v) is 11.8. The highest BCUT2D eigenvalue weighted by molar-refractivity contribution is 5.62. The lowest BCUT2D eigenvalue weighted by atomic mass is 10.1. The Morgan fingerprint density at radius 1 is 1.11 bits per heavy atom. The molecule has 1 N–H and O–H groups in total. The van der Waals surface area contributed by atoms with Crippen LogP contribution >= 0.6 is 0 Å². The van der Waals surface area contributed by atoms with Gasteiger partial charge in [-0.25, -0.2) is 0 Å². The second-order valence-electron chi connectivity index (χ2n) is 4.79. The highest BCUT2D eigenvalue weighted by Crippen LogP contribution is 2.24. The first-order valence-corrected chi connectivity index (χ1v) is 6.35. The number of benzene rings is 1. The molecule has 0 bridgehead atoms. The van der Waals surface area contributed by atoms with Gasteiger partial charge >= 0.3 is 0 Å². The Morgan fingerprint density at radius 3 is 2.42 bits per heavy atom. The number of hydrogen-bond donors (Lipinski definition) is 1. The van der Waals surface area contributed by atoms with Crippen molar-refractivity contribution in [3.63, 3.8) is 0 Å². The van der Waals surface area contributed by atoms with Crippen LogP contribution in [0.25, 0.3) is 11.3 Å². The highest BCUT2D eigenvalue weighted by atomic mass is 16.5. The molecule has 0 aliphatic rings. The minimum absolute atomic E-state index is 0.350. The number of aromatic nitrogens is 2. The average molecular weight is 257 g/mol. The first-order chi connectivity index (χ1) is 9.10. The number of anilines is 1. The van der Waals surface area contributed by atoms with Crippen molar-refractivity contribution in [2.45, 2.75) is 26.8 Å². The van der Waals surface area contributed by atoms with E-state index >= 15 is 0 Å². The van der Waals surface area contributed by atoms with Crippen LogP contribution in [-0.4, -0.2) is 23.3 Å². The Kier molecular flexibility index (Phi) is 4.00. The summed E-state index contributed by atoms with van der Waals surface area (Å²) in [6, 6.07) is 10.3. The first kappa shape index (κ1) is 13.3. The largest absolute Gasteiger partial charge is 0.496 e. The molecule has 0 atom stereocenters. The quantitative estimate of drug-likeness (QED) is 0.913. The van der Waals surface area contributed by atoms with Crippen molar-refractivity contribution in [3.8, 4) is 17.0 Å². The maximum atomic E-state index is 5.25. The zero-order chi connectivity index (χ0) is 13.8. The van der Waals surface area contributed by atoms with Crippen LogP contribution in [0.1, 0.15) is 19.4 Å². The second kappa shape index (κ2) is 5.69. The summed E-state index contributed by atoms with van der Waals surface area (Å²) in [5.41, 5.74) is 2.99. The number of rotatable bonds is 4. The van der Waals surface area contributed by atoms with Gasteiger partial charge in [-0.1, -0.05) is 0 Å². The van der Waals surface area contributed by atoms with E-state index in [2.05, 4.69) is 35.4 Å². The third kappa shape index (κ3) is 3.22. The molecule has 2 rings (SSSR count). The molecule has 1 aromatic heterocycles. The van der Waals surface area contributed by atoms with Gasteiger partial charge in [0.15, 0.2) is 0 Å². The van der Waals surface area contributed by atoms with Crippen molar-refractivity contribution in [1.29, 1.82) is 0 Å². The lowest BCUT2D eigenvalue weighted by Gasteiger charge is -2.09. The van der Waals surface area contributed by atoms with Gasteiger partial charge in [0, 0.05) is 11.6 Å². The minimum Gasteiger partial charge on any atom is -0.496 e. The smallest absolute Gasteiger partial charge is 0.148 e. The van der Waals surface area contributed by atoms with Crippen LogP contribution in [-0.2, 0) is 0 Å². The van der Waals surface area contributed by atoms with Crippen LogP contribution in [0.4, 0.5) is 5.82 Å². The van der Waals surface area contributed by atoms with Crippen LogP contribution in [0.5, 0.6) is 5.75 Å². The summed E-state index contributed by atoms with van der Waals surface area (Å²) in [5.74, 6) is 1.68. The number of methoxy groups -OCH3 is 1. The molecule has 0 fully saturated rings. The van der Waals surface area contributed by atoms with Crippen LogP contribution in [0.3, 0.4) is 0 Å². The Labute approximate surface area is 113 Å². The van der Waals surface area contributed by atoms with Gasteiger partial charge in [-0.3, -0.25) is 0 Å². The fourth-order valence-electron chi connectivity index (χ4n) is 1.90. The molecule has 0 saturated heterocycles. The van der Waals surface area contributed by atoms with Crippen molar-refractivity contribution in [1.82, 2.24) is 10.2 Å². The first-order valence-electron chi connectivity index (χ1n) is 6.35. The topological polar surface area (TPSA) is 47.0 Å². The molecule has 1 aromatic carbocycles. The molecule has 1 heterocycles. The molecule has 0 spiro atoms. The molecule has 4 heteroatoms. The van der Waals surface area contributed by atoms with E-state index in [1.807, 2.05) is 31.2 Å². The number of ether oxygens (including phenoxy) is 1. The van der Waals surface area contributed by atoms with Gasteiger partial charge in [-0.2, -0.15) is 0 Å². The zero-order valence-electron chi connectivity index (χ0n) is 11.8. The van der Waals surface area contributed by atoms with Crippen molar-refractivity contribution in [2.24, 2.45) is 0 Å².